The first-order valence-corrected chi connectivity index (χ1v) is 15.2. The second-order valence-corrected chi connectivity index (χ2v) is 12.0. The zero-order valence-corrected chi connectivity index (χ0v) is 24.5. The lowest BCUT2D eigenvalue weighted by Gasteiger charge is -2.39. The van der Waals surface area contributed by atoms with Gasteiger partial charge in [0.25, 0.3) is 0 Å². The third-order valence-electron chi connectivity index (χ3n) is 9.95. The first-order valence-electron chi connectivity index (χ1n) is 15.2. The van der Waals surface area contributed by atoms with Crippen LogP contribution < -0.4 is 4.90 Å². The Kier molecular flexibility index (Phi) is 6.06. The average molecular weight is 602 g/mol. The topological polar surface area (TPSA) is 91.8 Å². The van der Waals surface area contributed by atoms with Crippen LogP contribution in [0.25, 0.3) is 11.1 Å². The number of carboxylic acids is 1. The minimum absolute atomic E-state index is 0.0409. The number of aromatic carboxylic acids is 1. The number of carbonyl (C=O) groups is 4. The number of rotatable bonds is 6. The normalized spacial score (nSPS) is 24.9. The number of Topliss-reactive ketones (excluding diaryl/α,β-unsaturated/α-hetero) is 1. The number of benzene rings is 5. The Morgan fingerprint density at radius 2 is 0.891 bits per heavy atom. The molecule has 2 fully saturated rings. The average Bonchev–Trinajstić information content (AvgIpc) is 3.62. The number of amides is 2. The van der Waals surface area contributed by atoms with E-state index in [9.17, 15) is 19.5 Å². The summed E-state index contributed by atoms with van der Waals surface area (Å²) in [5.74, 6) is -4.34. The van der Waals surface area contributed by atoms with E-state index in [0.29, 0.717) is 11.1 Å². The Hall–Kier alpha value is -5.88. The second-order valence-electron chi connectivity index (χ2n) is 12.0. The van der Waals surface area contributed by atoms with Crippen molar-refractivity contribution in [3.05, 3.63) is 173 Å². The monoisotopic (exact) mass is 601 g/mol. The van der Waals surface area contributed by atoms with Crippen LogP contribution in [0.3, 0.4) is 0 Å². The van der Waals surface area contributed by atoms with Gasteiger partial charge in [-0.1, -0.05) is 121 Å². The van der Waals surface area contributed by atoms with E-state index >= 15 is 4.79 Å². The van der Waals surface area contributed by atoms with Gasteiger partial charge in [0.1, 0.15) is 0 Å². The Bertz CT molecular complexity index is 1950. The predicted molar refractivity (Wildman–Crippen MR) is 174 cm³/mol. The minimum atomic E-state index is -1.49. The summed E-state index contributed by atoms with van der Waals surface area (Å²) < 4.78 is 0. The number of hydrogen-bond donors (Lipinski definition) is 1. The molecule has 6 nitrogen and oxygen atoms in total. The molecular formula is C40H27NO5. The summed E-state index contributed by atoms with van der Waals surface area (Å²) in [7, 11) is 0. The number of fused-ring (bicyclic) bond motifs is 5. The molecule has 3 aliphatic rings. The van der Waals surface area contributed by atoms with Crippen LogP contribution in [0.2, 0.25) is 0 Å². The van der Waals surface area contributed by atoms with Gasteiger partial charge in [-0.2, -0.15) is 0 Å². The Morgan fingerprint density at radius 3 is 1.26 bits per heavy atom. The Morgan fingerprint density at radius 1 is 0.522 bits per heavy atom. The van der Waals surface area contributed by atoms with Crippen LogP contribution in [0.1, 0.15) is 32.6 Å². The van der Waals surface area contributed by atoms with Crippen LogP contribution in [-0.4, -0.2) is 28.7 Å². The number of anilines is 1. The molecule has 8 rings (SSSR count). The van der Waals surface area contributed by atoms with Crippen LogP contribution >= 0.6 is 0 Å². The fraction of sp³-hybridized carbons (Fsp3) is 0.100. The molecule has 46 heavy (non-hydrogen) atoms. The molecule has 4 atom stereocenters. The number of allylic oxidation sites excluding steroid dienone is 2. The molecule has 0 unspecified atom stereocenters. The van der Waals surface area contributed by atoms with E-state index in [1.165, 1.54) is 29.2 Å². The van der Waals surface area contributed by atoms with Gasteiger partial charge in [0.2, 0.25) is 11.8 Å². The van der Waals surface area contributed by atoms with Gasteiger partial charge in [-0.3, -0.25) is 14.4 Å². The maximum atomic E-state index is 15.8. The quantitative estimate of drug-likeness (QED) is 0.222. The second kappa shape index (κ2) is 10.1. The standard InChI is InChI=1S/C40H27NO5/c42-35-33-34(36(43)41(35)30-23-21-27(22-24-30)37(44)45)40(29-19-11-4-12-20-29)32(26-15-7-2-8-16-26)31(25-13-5-1-6-14-25)39(33,38(40)46)28-17-9-3-10-18-28/h1-24,33-34H,(H,44,45)/t33-,34+,39-,40-/m1/s1. The number of imide groups is 1. The van der Waals surface area contributed by atoms with Gasteiger partial charge in [-0.25, -0.2) is 9.69 Å². The van der Waals surface area contributed by atoms with Crippen molar-refractivity contribution < 1.29 is 24.3 Å². The lowest BCUT2D eigenvalue weighted by Crippen LogP contribution is -2.45. The van der Waals surface area contributed by atoms with E-state index in [-0.39, 0.29) is 17.0 Å². The van der Waals surface area contributed by atoms with E-state index in [1.807, 2.05) is 121 Å². The summed E-state index contributed by atoms with van der Waals surface area (Å²) >= 11 is 0. The van der Waals surface area contributed by atoms with Gasteiger partial charge in [0.05, 0.1) is 33.9 Å². The molecule has 1 saturated heterocycles. The van der Waals surface area contributed by atoms with Crippen LogP contribution in [-0.2, 0) is 25.2 Å². The Balaban J connectivity index is 1.52. The van der Waals surface area contributed by atoms with Crippen LogP contribution in [0.5, 0.6) is 0 Å². The van der Waals surface area contributed by atoms with Gasteiger partial charge in [0.15, 0.2) is 5.78 Å². The summed E-state index contributed by atoms with van der Waals surface area (Å²) in [4.78, 5) is 58.5. The molecule has 0 radical (unpaired) electrons. The van der Waals surface area contributed by atoms with E-state index in [0.717, 1.165) is 22.3 Å². The molecule has 222 valence electrons. The van der Waals surface area contributed by atoms with Crippen LogP contribution in [0.4, 0.5) is 5.69 Å². The zero-order chi connectivity index (χ0) is 31.6. The minimum Gasteiger partial charge on any atom is -0.478 e. The molecule has 1 N–H and O–H groups in total. The van der Waals surface area contributed by atoms with Gasteiger partial charge < -0.3 is 5.11 Å². The van der Waals surface area contributed by atoms with Gasteiger partial charge in [-0.15, -0.1) is 0 Å². The van der Waals surface area contributed by atoms with Crippen LogP contribution in [0.15, 0.2) is 146 Å². The van der Waals surface area contributed by atoms with Crippen molar-refractivity contribution in [3.63, 3.8) is 0 Å². The summed E-state index contributed by atoms with van der Waals surface area (Å²) in [6.07, 6.45) is 0. The lowest BCUT2D eigenvalue weighted by atomic mass is 9.59. The summed E-state index contributed by atoms with van der Waals surface area (Å²) in [6.45, 7) is 0. The SMILES string of the molecule is O=C(O)c1ccc(N2C(=O)[C@@H]3[C@H](C2=O)[C@]2(c4ccccc4)C(=O)[C@]3(c3ccccc3)C(c3ccccc3)=C2c2ccccc2)cc1. The molecule has 0 aromatic heterocycles. The highest BCUT2D eigenvalue weighted by atomic mass is 16.4. The van der Waals surface area contributed by atoms with Gasteiger partial charge in [0, 0.05) is 0 Å². The fourth-order valence-corrected chi connectivity index (χ4v) is 8.34. The number of carbonyl (C=O) groups excluding carboxylic acids is 3. The molecule has 1 aliphatic heterocycles. The highest BCUT2D eigenvalue weighted by Crippen LogP contribution is 2.74. The lowest BCUT2D eigenvalue weighted by molar-refractivity contribution is -0.130. The van der Waals surface area contributed by atoms with E-state index in [2.05, 4.69) is 0 Å². The first kappa shape index (κ1) is 27.7. The van der Waals surface area contributed by atoms with Crippen molar-refractivity contribution >= 4 is 40.4 Å². The molecule has 2 aliphatic carbocycles. The van der Waals surface area contributed by atoms with Gasteiger partial charge >= 0.3 is 5.97 Å². The van der Waals surface area contributed by atoms with Crippen molar-refractivity contribution in [1.29, 1.82) is 0 Å². The summed E-state index contributed by atoms with van der Waals surface area (Å²) in [5, 5.41) is 9.49. The first-order chi connectivity index (χ1) is 22.4. The molecule has 1 saturated carbocycles. The third kappa shape index (κ3) is 3.41. The number of ketones is 1. The van der Waals surface area contributed by atoms with Crippen molar-refractivity contribution in [3.8, 4) is 0 Å². The molecular weight excluding hydrogens is 574 g/mol. The van der Waals surface area contributed by atoms with E-state index in [4.69, 9.17) is 0 Å². The fourth-order valence-electron chi connectivity index (χ4n) is 8.34. The maximum absolute atomic E-state index is 15.8. The van der Waals surface area contributed by atoms with Crippen LogP contribution in [0, 0.1) is 11.8 Å². The number of nitrogens with zero attached hydrogens (tertiary/aromatic N) is 1. The number of hydrogen-bond acceptors (Lipinski definition) is 4. The summed E-state index contributed by atoms with van der Waals surface area (Å²) in [5.41, 5.74) is 1.71. The Labute approximate surface area is 265 Å². The predicted octanol–water partition coefficient (Wildman–Crippen LogP) is 6.57. The molecule has 2 amide bonds. The largest absolute Gasteiger partial charge is 0.478 e. The smallest absolute Gasteiger partial charge is 0.335 e. The maximum Gasteiger partial charge on any atom is 0.335 e. The number of carboxylic acid groups (broad SMARTS) is 1. The molecule has 5 aromatic carbocycles. The van der Waals surface area contributed by atoms with Crippen molar-refractivity contribution in [2.45, 2.75) is 10.8 Å². The van der Waals surface area contributed by atoms with E-state index in [1.54, 1.807) is 0 Å². The van der Waals surface area contributed by atoms with Crippen molar-refractivity contribution in [2.24, 2.45) is 11.8 Å². The van der Waals surface area contributed by atoms with Crippen molar-refractivity contribution in [2.75, 3.05) is 4.90 Å². The molecule has 5 aromatic rings. The zero-order valence-electron chi connectivity index (χ0n) is 24.5. The molecule has 6 heteroatoms. The van der Waals surface area contributed by atoms with Gasteiger partial charge in [-0.05, 0) is 57.7 Å². The van der Waals surface area contributed by atoms with E-state index < -0.39 is 40.4 Å². The third-order valence-corrected chi connectivity index (χ3v) is 9.95. The summed E-state index contributed by atoms with van der Waals surface area (Å²) in [6, 6.07) is 43.9. The molecule has 2 bridgehead atoms. The molecule has 0 spiro atoms. The van der Waals surface area contributed by atoms with Crippen molar-refractivity contribution in [1.82, 2.24) is 0 Å². The molecule has 1 heterocycles. The highest BCUT2D eigenvalue weighted by Gasteiger charge is 2.82. The highest BCUT2D eigenvalue weighted by molar-refractivity contribution is 6.39.